The van der Waals surface area contributed by atoms with Crippen molar-refractivity contribution in [2.45, 2.75) is 19.9 Å². The van der Waals surface area contributed by atoms with Crippen molar-refractivity contribution in [2.24, 2.45) is 4.99 Å². The number of hydrogen-bond acceptors (Lipinski definition) is 5. The third-order valence-corrected chi connectivity index (χ3v) is 5.17. The van der Waals surface area contributed by atoms with Crippen molar-refractivity contribution in [2.75, 3.05) is 21.3 Å². The van der Waals surface area contributed by atoms with Gasteiger partial charge in [0.25, 0.3) is 5.91 Å². The van der Waals surface area contributed by atoms with Gasteiger partial charge in [0.2, 0.25) is 0 Å². The standard InChI is InChI=1S/C20H22N2O4S/c1-5-8-22-17-7-6-14(24-2)12-18(17)27-20(22)21-19(23)13-9-15(25-3)11-16(10-13)26-4/h6-7,9-12H,5,8H2,1-4H3. The van der Waals surface area contributed by atoms with Crippen LogP contribution >= 0.6 is 11.3 Å². The first-order valence-corrected chi connectivity index (χ1v) is 9.40. The van der Waals surface area contributed by atoms with Gasteiger partial charge in [-0.15, -0.1) is 0 Å². The van der Waals surface area contributed by atoms with Crippen molar-refractivity contribution < 1.29 is 19.0 Å². The zero-order valence-electron chi connectivity index (χ0n) is 15.8. The number of rotatable bonds is 6. The smallest absolute Gasteiger partial charge is 0.279 e. The van der Waals surface area contributed by atoms with Gasteiger partial charge in [0.1, 0.15) is 17.2 Å². The summed E-state index contributed by atoms with van der Waals surface area (Å²) in [4.78, 5) is 17.8. The van der Waals surface area contributed by atoms with E-state index in [0.717, 1.165) is 28.9 Å². The lowest BCUT2D eigenvalue weighted by molar-refractivity contribution is 0.0997. The van der Waals surface area contributed by atoms with Gasteiger partial charge in [0.05, 0.1) is 31.5 Å². The quantitative estimate of drug-likeness (QED) is 0.645. The molecule has 0 N–H and O–H groups in total. The highest BCUT2D eigenvalue weighted by atomic mass is 32.1. The SMILES string of the molecule is CCCn1c(=NC(=O)c2cc(OC)cc(OC)c2)sc2cc(OC)ccc21. The van der Waals surface area contributed by atoms with Crippen molar-refractivity contribution in [3.8, 4) is 17.2 Å². The zero-order valence-corrected chi connectivity index (χ0v) is 16.6. The van der Waals surface area contributed by atoms with E-state index in [-0.39, 0.29) is 5.91 Å². The molecule has 1 heterocycles. The molecule has 0 bridgehead atoms. The summed E-state index contributed by atoms with van der Waals surface area (Å²) in [6, 6.07) is 10.9. The second-order valence-electron chi connectivity index (χ2n) is 5.89. The summed E-state index contributed by atoms with van der Waals surface area (Å²) in [5, 5.41) is 0. The summed E-state index contributed by atoms with van der Waals surface area (Å²) >= 11 is 1.47. The van der Waals surface area contributed by atoms with Crippen LogP contribution in [0.25, 0.3) is 10.2 Å². The number of methoxy groups -OCH3 is 3. The fraction of sp³-hybridized carbons (Fsp3) is 0.300. The predicted molar refractivity (Wildman–Crippen MR) is 106 cm³/mol. The molecule has 6 nitrogen and oxygen atoms in total. The van der Waals surface area contributed by atoms with Gasteiger partial charge in [-0.05, 0) is 36.8 Å². The maximum absolute atomic E-state index is 12.8. The first-order chi connectivity index (χ1) is 13.1. The molecule has 0 aliphatic carbocycles. The summed E-state index contributed by atoms with van der Waals surface area (Å²) < 4.78 is 18.9. The van der Waals surface area contributed by atoms with Crippen LogP contribution in [0.5, 0.6) is 17.2 Å². The highest BCUT2D eigenvalue weighted by molar-refractivity contribution is 7.16. The van der Waals surface area contributed by atoms with Gasteiger partial charge in [0.15, 0.2) is 4.80 Å². The van der Waals surface area contributed by atoms with Crippen molar-refractivity contribution in [1.82, 2.24) is 4.57 Å². The van der Waals surface area contributed by atoms with E-state index in [1.54, 1.807) is 39.5 Å². The zero-order chi connectivity index (χ0) is 19.4. The molecule has 27 heavy (non-hydrogen) atoms. The molecule has 0 radical (unpaired) electrons. The molecule has 0 spiro atoms. The number of hydrogen-bond donors (Lipinski definition) is 0. The molecule has 1 aromatic heterocycles. The lowest BCUT2D eigenvalue weighted by Crippen LogP contribution is -2.16. The van der Waals surface area contributed by atoms with E-state index in [0.29, 0.717) is 21.9 Å². The van der Waals surface area contributed by atoms with E-state index < -0.39 is 0 Å². The van der Waals surface area contributed by atoms with E-state index in [1.807, 2.05) is 18.2 Å². The number of thiazole rings is 1. The first kappa shape index (κ1) is 19.0. The van der Waals surface area contributed by atoms with Gasteiger partial charge >= 0.3 is 0 Å². The summed E-state index contributed by atoms with van der Waals surface area (Å²) in [5.41, 5.74) is 1.46. The van der Waals surface area contributed by atoms with Gasteiger partial charge in [-0.2, -0.15) is 4.99 Å². The molecule has 7 heteroatoms. The topological polar surface area (TPSA) is 62.1 Å². The Hall–Kier alpha value is -2.80. The molecule has 0 aliphatic rings. The third-order valence-electron chi connectivity index (χ3n) is 4.13. The summed E-state index contributed by atoms with van der Waals surface area (Å²) in [5.74, 6) is 1.55. The minimum atomic E-state index is -0.337. The molecule has 3 rings (SSSR count). The van der Waals surface area contributed by atoms with Gasteiger partial charge < -0.3 is 18.8 Å². The van der Waals surface area contributed by atoms with Crippen LogP contribution in [0.4, 0.5) is 0 Å². The van der Waals surface area contributed by atoms with Crippen LogP contribution < -0.4 is 19.0 Å². The number of ether oxygens (including phenoxy) is 3. The molecule has 0 fully saturated rings. The van der Waals surface area contributed by atoms with Gasteiger partial charge in [-0.1, -0.05) is 18.3 Å². The average Bonchev–Trinajstić information content (AvgIpc) is 3.03. The molecule has 0 aliphatic heterocycles. The van der Waals surface area contributed by atoms with E-state index in [4.69, 9.17) is 14.2 Å². The molecule has 0 saturated heterocycles. The van der Waals surface area contributed by atoms with E-state index in [9.17, 15) is 4.79 Å². The van der Waals surface area contributed by atoms with Gasteiger partial charge in [-0.25, -0.2) is 0 Å². The van der Waals surface area contributed by atoms with Crippen molar-refractivity contribution in [3.05, 3.63) is 46.8 Å². The van der Waals surface area contributed by atoms with Crippen LogP contribution in [0.1, 0.15) is 23.7 Å². The summed E-state index contributed by atoms with van der Waals surface area (Å²) in [6.45, 7) is 2.87. The molecule has 0 unspecified atom stereocenters. The van der Waals surface area contributed by atoms with E-state index >= 15 is 0 Å². The van der Waals surface area contributed by atoms with Crippen LogP contribution in [-0.4, -0.2) is 31.8 Å². The third kappa shape index (κ3) is 3.98. The predicted octanol–water partition coefficient (Wildman–Crippen LogP) is 3.88. The number of benzene rings is 2. The number of carbonyl (C=O) groups excluding carboxylic acids is 1. The lowest BCUT2D eigenvalue weighted by Gasteiger charge is -2.06. The highest BCUT2D eigenvalue weighted by Crippen LogP contribution is 2.25. The Bertz CT molecular complexity index is 1010. The van der Waals surface area contributed by atoms with E-state index in [1.165, 1.54) is 11.3 Å². The second-order valence-corrected chi connectivity index (χ2v) is 6.90. The van der Waals surface area contributed by atoms with Crippen LogP contribution in [0, 0.1) is 0 Å². The fourth-order valence-corrected chi connectivity index (χ4v) is 3.87. The minimum Gasteiger partial charge on any atom is -0.497 e. The Morgan fingerprint density at radius 3 is 2.26 bits per heavy atom. The van der Waals surface area contributed by atoms with Crippen LogP contribution in [0.2, 0.25) is 0 Å². The minimum absolute atomic E-state index is 0.337. The second kappa shape index (κ2) is 8.26. The van der Waals surface area contributed by atoms with Crippen molar-refractivity contribution in [1.29, 1.82) is 0 Å². The monoisotopic (exact) mass is 386 g/mol. The van der Waals surface area contributed by atoms with Gasteiger partial charge in [0, 0.05) is 18.2 Å². The maximum atomic E-state index is 12.8. The normalized spacial score (nSPS) is 11.6. The Labute approximate surface area is 161 Å². The highest BCUT2D eigenvalue weighted by Gasteiger charge is 2.12. The Morgan fingerprint density at radius 1 is 1.00 bits per heavy atom. The molecular weight excluding hydrogens is 364 g/mol. The largest absolute Gasteiger partial charge is 0.497 e. The van der Waals surface area contributed by atoms with Crippen molar-refractivity contribution in [3.63, 3.8) is 0 Å². The number of amides is 1. The van der Waals surface area contributed by atoms with Crippen LogP contribution in [0.15, 0.2) is 41.4 Å². The molecule has 142 valence electrons. The number of aryl methyl sites for hydroxylation is 1. The first-order valence-electron chi connectivity index (χ1n) is 8.59. The van der Waals surface area contributed by atoms with Crippen molar-refractivity contribution >= 4 is 27.5 Å². The molecule has 2 aromatic carbocycles. The molecule has 0 atom stereocenters. The molecule has 0 saturated carbocycles. The maximum Gasteiger partial charge on any atom is 0.279 e. The Balaban J connectivity index is 2.11. The van der Waals surface area contributed by atoms with Crippen LogP contribution in [-0.2, 0) is 6.54 Å². The number of carbonyl (C=O) groups is 1. The molecule has 3 aromatic rings. The number of fused-ring (bicyclic) bond motifs is 1. The number of nitrogens with zero attached hydrogens (tertiary/aromatic N) is 2. The number of aromatic nitrogens is 1. The van der Waals surface area contributed by atoms with Crippen LogP contribution in [0.3, 0.4) is 0 Å². The molecule has 1 amide bonds. The Kier molecular flexibility index (Phi) is 5.81. The summed E-state index contributed by atoms with van der Waals surface area (Å²) in [6.07, 6.45) is 0.937. The lowest BCUT2D eigenvalue weighted by atomic mass is 10.2. The summed E-state index contributed by atoms with van der Waals surface area (Å²) in [7, 11) is 4.74. The van der Waals surface area contributed by atoms with Gasteiger partial charge in [-0.3, -0.25) is 4.79 Å². The fourth-order valence-electron chi connectivity index (χ4n) is 2.79. The average molecular weight is 386 g/mol. The van der Waals surface area contributed by atoms with E-state index in [2.05, 4.69) is 16.5 Å². The molecular formula is C20H22N2O4S. The Morgan fingerprint density at radius 2 is 1.67 bits per heavy atom.